The van der Waals surface area contributed by atoms with Gasteiger partial charge in [0.1, 0.15) is 11.4 Å². The molecule has 0 spiro atoms. The van der Waals surface area contributed by atoms with E-state index in [0.717, 1.165) is 6.42 Å². The predicted octanol–water partition coefficient (Wildman–Crippen LogP) is 1.74. The van der Waals surface area contributed by atoms with Crippen molar-refractivity contribution in [2.45, 2.75) is 12.0 Å². The van der Waals surface area contributed by atoms with Gasteiger partial charge >= 0.3 is 5.97 Å². The molecule has 6 heteroatoms. The number of carboxylic acid groups (broad SMARTS) is 1. The summed E-state index contributed by atoms with van der Waals surface area (Å²) in [6.45, 7) is 1.61. The molecule has 1 unspecified atom stereocenters. The van der Waals surface area contributed by atoms with Crippen molar-refractivity contribution in [3.8, 4) is 0 Å². The van der Waals surface area contributed by atoms with E-state index in [1.807, 2.05) is 0 Å². The lowest BCUT2D eigenvalue weighted by atomic mass is 10.0. The first-order valence-corrected chi connectivity index (χ1v) is 5.96. The minimum atomic E-state index is -1.28. The quantitative estimate of drug-likeness (QED) is 0.852. The second-order valence-corrected chi connectivity index (χ2v) is 4.54. The first-order valence-electron chi connectivity index (χ1n) is 5.96. The number of ether oxygens (including phenoxy) is 2. The highest BCUT2D eigenvalue weighted by atomic mass is 19.1. The average molecular weight is 269 g/mol. The second-order valence-electron chi connectivity index (χ2n) is 4.54. The summed E-state index contributed by atoms with van der Waals surface area (Å²) in [4.78, 5) is 10.7. The van der Waals surface area contributed by atoms with Crippen LogP contribution in [-0.2, 0) is 9.47 Å². The Kier molecular flexibility index (Phi) is 4.01. The number of carbonyl (C=O) groups is 1. The summed E-state index contributed by atoms with van der Waals surface area (Å²) in [6, 6.07) is 3.94. The Morgan fingerprint density at radius 1 is 1.63 bits per heavy atom. The van der Waals surface area contributed by atoms with Gasteiger partial charge in [0.15, 0.2) is 0 Å². The second kappa shape index (κ2) is 5.54. The van der Waals surface area contributed by atoms with Crippen LogP contribution in [0.25, 0.3) is 0 Å². The highest BCUT2D eigenvalue weighted by Crippen LogP contribution is 2.23. The summed E-state index contributed by atoms with van der Waals surface area (Å²) in [5.74, 6) is -2.03. The summed E-state index contributed by atoms with van der Waals surface area (Å²) in [7, 11) is 1.62. The van der Waals surface area contributed by atoms with Crippen LogP contribution >= 0.6 is 0 Å². The minimum Gasteiger partial charge on any atom is -0.478 e. The van der Waals surface area contributed by atoms with E-state index >= 15 is 0 Å². The van der Waals surface area contributed by atoms with E-state index in [-0.39, 0.29) is 5.56 Å². The standard InChI is InChI=1S/C13H16FNO4/c1-18-13(4-5-19-8-13)7-15-9-2-3-10(12(16)17)11(14)6-9/h2-3,6,15H,4-5,7-8H2,1H3,(H,16,17). The third-order valence-electron chi connectivity index (χ3n) is 3.31. The van der Waals surface area contributed by atoms with Gasteiger partial charge in [0.05, 0.1) is 12.2 Å². The van der Waals surface area contributed by atoms with Crippen molar-refractivity contribution in [1.82, 2.24) is 0 Å². The van der Waals surface area contributed by atoms with E-state index in [0.29, 0.717) is 25.4 Å². The van der Waals surface area contributed by atoms with Crippen LogP contribution in [0.1, 0.15) is 16.8 Å². The Balaban J connectivity index is 2.03. The molecule has 2 rings (SSSR count). The summed E-state index contributed by atoms with van der Waals surface area (Å²) in [5, 5.41) is 11.8. The lowest BCUT2D eigenvalue weighted by Gasteiger charge is -2.26. The van der Waals surface area contributed by atoms with E-state index in [1.54, 1.807) is 7.11 Å². The number of hydrogen-bond donors (Lipinski definition) is 2. The maximum absolute atomic E-state index is 13.5. The minimum absolute atomic E-state index is 0.337. The number of halogens is 1. The van der Waals surface area contributed by atoms with Crippen LogP contribution in [0.15, 0.2) is 18.2 Å². The number of carboxylic acids is 1. The molecule has 1 atom stereocenters. The molecule has 1 saturated heterocycles. The Morgan fingerprint density at radius 3 is 2.95 bits per heavy atom. The zero-order chi connectivity index (χ0) is 13.9. The predicted molar refractivity (Wildman–Crippen MR) is 67.0 cm³/mol. The van der Waals surface area contributed by atoms with E-state index in [4.69, 9.17) is 14.6 Å². The molecule has 0 aromatic heterocycles. The van der Waals surface area contributed by atoms with Crippen LogP contribution in [0, 0.1) is 5.82 Å². The van der Waals surface area contributed by atoms with Gasteiger partial charge in [-0.2, -0.15) is 0 Å². The van der Waals surface area contributed by atoms with Gasteiger partial charge in [-0.25, -0.2) is 9.18 Å². The molecule has 1 heterocycles. The van der Waals surface area contributed by atoms with Gasteiger partial charge in [-0.05, 0) is 18.2 Å². The molecule has 1 aromatic carbocycles. The molecule has 0 saturated carbocycles. The molecule has 1 aliphatic heterocycles. The first-order chi connectivity index (χ1) is 9.06. The molecular weight excluding hydrogens is 253 g/mol. The molecule has 104 valence electrons. The summed E-state index contributed by atoms with van der Waals surface area (Å²) in [5.41, 5.74) is -0.218. The van der Waals surface area contributed by atoms with Crippen molar-refractivity contribution in [3.63, 3.8) is 0 Å². The maximum atomic E-state index is 13.5. The number of nitrogens with one attached hydrogen (secondary N) is 1. The van der Waals surface area contributed by atoms with Gasteiger partial charge in [-0.1, -0.05) is 0 Å². The smallest absolute Gasteiger partial charge is 0.338 e. The monoisotopic (exact) mass is 269 g/mol. The molecule has 19 heavy (non-hydrogen) atoms. The van der Waals surface area contributed by atoms with Gasteiger partial charge in [0, 0.05) is 32.4 Å². The zero-order valence-corrected chi connectivity index (χ0v) is 10.6. The Hall–Kier alpha value is -1.66. The molecular formula is C13H16FNO4. The van der Waals surface area contributed by atoms with Crippen LogP contribution in [0.4, 0.5) is 10.1 Å². The molecule has 0 radical (unpaired) electrons. The van der Waals surface area contributed by atoms with Gasteiger partial charge in [0.2, 0.25) is 0 Å². The Bertz CT molecular complexity index is 472. The fourth-order valence-electron chi connectivity index (χ4n) is 2.02. The van der Waals surface area contributed by atoms with Crippen LogP contribution in [-0.4, -0.2) is 43.5 Å². The van der Waals surface area contributed by atoms with Crippen molar-refractivity contribution in [2.24, 2.45) is 0 Å². The normalized spacial score (nSPS) is 22.4. The van der Waals surface area contributed by atoms with Crippen molar-refractivity contribution in [1.29, 1.82) is 0 Å². The number of anilines is 1. The van der Waals surface area contributed by atoms with E-state index < -0.39 is 17.4 Å². The van der Waals surface area contributed by atoms with Crippen LogP contribution < -0.4 is 5.32 Å². The van der Waals surface area contributed by atoms with Gasteiger partial charge in [-0.3, -0.25) is 0 Å². The molecule has 1 fully saturated rings. The summed E-state index contributed by atoms with van der Waals surface area (Å²) in [6.07, 6.45) is 0.770. The van der Waals surface area contributed by atoms with Crippen molar-refractivity contribution in [3.05, 3.63) is 29.6 Å². The van der Waals surface area contributed by atoms with Crippen LogP contribution in [0.5, 0.6) is 0 Å². The van der Waals surface area contributed by atoms with Gasteiger partial charge in [0.25, 0.3) is 0 Å². The van der Waals surface area contributed by atoms with Gasteiger partial charge < -0.3 is 19.9 Å². The number of hydrogen-bond acceptors (Lipinski definition) is 4. The number of methoxy groups -OCH3 is 1. The van der Waals surface area contributed by atoms with Crippen molar-refractivity contribution in [2.75, 3.05) is 32.2 Å². The highest BCUT2D eigenvalue weighted by molar-refractivity contribution is 5.88. The summed E-state index contributed by atoms with van der Waals surface area (Å²) >= 11 is 0. The number of rotatable bonds is 5. The Morgan fingerprint density at radius 2 is 2.42 bits per heavy atom. The fourth-order valence-corrected chi connectivity index (χ4v) is 2.02. The number of aromatic carboxylic acids is 1. The average Bonchev–Trinajstić information content (AvgIpc) is 2.85. The highest BCUT2D eigenvalue weighted by Gasteiger charge is 2.34. The van der Waals surface area contributed by atoms with Crippen LogP contribution in [0.2, 0.25) is 0 Å². The molecule has 2 N–H and O–H groups in total. The molecule has 0 aliphatic carbocycles. The zero-order valence-electron chi connectivity index (χ0n) is 10.6. The molecule has 1 aromatic rings. The van der Waals surface area contributed by atoms with Crippen LogP contribution in [0.3, 0.4) is 0 Å². The topological polar surface area (TPSA) is 67.8 Å². The number of benzene rings is 1. The van der Waals surface area contributed by atoms with Crippen molar-refractivity contribution >= 4 is 11.7 Å². The van der Waals surface area contributed by atoms with E-state index in [1.165, 1.54) is 18.2 Å². The van der Waals surface area contributed by atoms with Gasteiger partial charge in [-0.15, -0.1) is 0 Å². The molecule has 1 aliphatic rings. The summed E-state index contributed by atoms with van der Waals surface area (Å²) < 4.78 is 24.2. The molecule has 5 nitrogen and oxygen atoms in total. The maximum Gasteiger partial charge on any atom is 0.338 e. The largest absolute Gasteiger partial charge is 0.478 e. The third-order valence-corrected chi connectivity index (χ3v) is 3.31. The first kappa shape index (κ1) is 13.8. The van der Waals surface area contributed by atoms with E-state index in [9.17, 15) is 9.18 Å². The van der Waals surface area contributed by atoms with E-state index in [2.05, 4.69) is 5.32 Å². The lowest BCUT2D eigenvalue weighted by Crippen LogP contribution is -2.39. The third kappa shape index (κ3) is 3.02. The molecule has 0 amide bonds. The molecule has 0 bridgehead atoms. The Labute approximate surface area is 110 Å². The fraction of sp³-hybridized carbons (Fsp3) is 0.462. The SMILES string of the molecule is COC1(CNc2ccc(C(=O)O)c(F)c2)CCOC1. The van der Waals surface area contributed by atoms with Crippen molar-refractivity contribution < 1.29 is 23.8 Å². The lowest BCUT2D eigenvalue weighted by molar-refractivity contribution is -0.00620.